The summed E-state index contributed by atoms with van der Waals surface area (Å²) < 4.78 is 22.5. The summed E-state index contributed by atoms with van der Waals surface area (Å²) >= 11 is 2.69. The van der Waals surface area contributed by atoms with E-state index in [1.807, 2.05) is 72.1 Å². The number of methoxy groups -OCH3 is 2. The minimum atomic E-state index is -1.62. The molecule has 8 atom stereocenters. The lowest BCUT2D eigenvalue weighted by molar-refractivity contribution is -0.0630. The first kappa shape index (κ1) is 44.2. The maximum atomic E-state index is 11.2. The molecule has 0 aliphatic carbocycles. The van der Waals surface area contributed by atoms with E-state index in [1.54, 1.807) is 19.6 Å². The Labute approximate surface area is 370 Å². The topological polar surface area (TPSA) is 248 Å². The number of thiophene rings is 2. The second kappa shape index (κ2) is 17.6. The first-order chi connectivity index (χ1) is 30.3. The van der Waals surface area contributed by atoms with Gasteiger partial charge in [-0.15, -0.1) is 22.7 Å². The van der Waals surface area contributed by atoms with Gasteiger partial charge >= 0.3 is 0 Å². The lowest BCUT2D eigenvalue weighted by Gasteiger charge is -2.37. The van der Waals surface area contributed by atoms with Crippen LogP contribution in [-0.4, -0.2) is 114 Å². The standard InChI is InChI=1S/C33H33N3O6S.C12H15N3O4S/c1-32(39)29(38)26(17-37)42-30(32)28-27-25(18-43-28)31(35-19-34-27)36-33(20-7-5-4-6-8-20,21-9-13-23(40-2)14-10-21)22-11-15-24(41-3)16-12-22;1-12(18)9(17)6(2-16)19-10(12)8-7-5(3-20-8)11(13)15-4-14-7/h4-16,18-19,26,29-30,37-39H,17H2,1-3H3,(H,34,35,36);3-4,6,9-10,16-18H,2H2,1H3,(H2,13,14,15)/t26-,29-,30+,32-;6-,9-,10+,12-/m11/s1. The molecule has 0 spiro atoms. The van der Waals surface area contributed by atoms with Crippen molar-refractivity contribution in [1.29, 1.82) is 0 Å². The van der Waals surface area contributed by atoms with Crippen molar-refractivity contribution in [3.63, 3.8) is 0 Å². The Morgan fingerprint density at radius 2 is 1.11 bits per heavy atom. The van der Waals surface area contributed by atoms with Gasteiger partial charge in [0.15, 0.2) is 0 Å². The van der Waals surface area contributed by atoms with Gasteiger partial charge in [0.1, 0.15) is 89.2 Å². The third kappa shape index (κ3) is 7.75. The number of nitrogens with two attached hydrogens (primary N) is 1. The summed E-state index contributed by atoms with van der Waals surface area (Å²) in [6.07, 6.45) is -3.00. The van der Waals surface area contributed by atoms with Crippen LogP contribution < -0.4 is 20.5 Å². The molecule has 63 heavy (non-hydrogen) atoms. The molecule has 0 radical (unpaired) electrons. The van der Waals surface area contributed by atoms with E-state index in [-0.39, 0.29) is 6.61 Å². The van der Waals surface area contributed by atoms with E-state index in [9.17, 15) is 30.6 Å². The van der Waals surface area contributed by atoms with Gasteiger partial charge in [0, 0.05) is 10.8 Å². The molecule has 330 valence electrons. The van der Waals surface area contributed by atoms with Gasteiger partial charge in [0.2, 0.25) is 0 Å². The molecule has 7 aromatic rings. The average molecular weight is 897 g/mol. The molecule has 3 aromatic carbocycles. The highest BCUT2D eigenvalue weighted by Crippen LogP contribution is 2.49. The van der Waals surface area contributed by atoms with Gasteiger partial charge in [-0.2, -0.15) is 0 Å². The van der Waals surface area contributed by atoms with Gasteiger partial charge in [-0.05, 0) is 54.8 Å². The summed E-state index contributed by atoms with van der Waals surface area (Å²) in [5.74, 6) is 2.40. The van der Waals surface area contributed by atoms with Crippen LogP contribution in [0.4, 0.5) is 11.6 Å². The molecule has 2 fully saturated rings. The van der Waals surface area contributed by atoms with Crippen LogP contribution in [-0.2, 0) is 15.0 Å². The number of nitrogens with one attached hydrogen (secondary N) is 1. The monoisotopic (exact) mass is 896 g/mol. The van der Waals surface area contributed by atoms with Crippen LogP contribution in [0.2, 0.25) is 0 Å². The van der Waals surface area contributed by atoms with Gasteiger partial charge < -0.3 is 60.6 Å². The number of aliphatic hydroxyl groups is 6. The third-order valence-corrected chi connectivity index (χ3v) is 13.9. The Kier molecular flexibility index (Phi) is 12.4. The number of aliphatic hydroxyl groups excluding tert-OH is 4. The second-order valence-electron chi connectivity index (χ2n) is 15.7. The number of hydrogen-bond donors (Lipinski definition) is 8. The molecule has 0 bridgehead atoms. The van der Waals surface area contributed by atoms with E-state index in [0.717, 1.165) is 33.6 Å². The molecule has 18 heteroatoms. The zero-order valence-corrected chi connectivity index (χ0v) is 36.3. The van der Waals surface area contributed by atoms with Crippen LogP contribution in [0.1, 0.15) is 52.5 Å². The minimum Gasteiger partial charge on any atom is -0.497 e. The van der Waals surface area contributed by atoms with Crippen molar-refractivity contribution in [2.75, 3.05) is 38.5 Å². The predicted octanol–water partition coefficient (Wildman–Crippen LogP) is 4.47. The van der Waals surface area contributed by atoms with Crippen LogP contribution in [0.5, 0.6) is 11.5 Å². The molecule has 9 rings (SSSR count). The molecule has 0 saturated carbocycles. The Morgan fingerprint density at radius 3 is 1.57 bits per heavy atom. The number of aromatic nitrogens is 4. The summed E-state index contributed by atoms with van der Waals surface area (Å²) in [5, 5.41) is 70.1. The lowest BCUT2D eigenvalue weighted by atomic mass is 9.77. The first-order valence-corrected chi connectivity index (χ1v) is 21.7. The minimum absolute atomic E-state index is 0.356. The fourth-order valence-electron chi connectivity index (χ4n) is 8.29. The van der Waals surface area contributed by atoms with Crippen LogP contribution in [0.25, 0.3) is 21.8 Å². The number of rotatable bonds is 11. The summed E-state index contributed by atoms with van der Waals surface area (Å²) in [6.45, 7) is 2.21. The number of benzene rings is 3. The molecule has 9 N–H and O–H groups in total. The third-order valence-electron chi connectivity index (χ3n) is 11.9. The van der Waals surface area contributed by atoms with Crippen LogP contribution >= 0.6 is 22.7 Å². The number of fused-ring (bicyclic) bond motifs is 2. The maximum Gasteiger partial charge on any atom is 0.139 e. The normalized spacial score (nSPS) is 25.8. The van der Waals surface area contributed by atoms with Crippen LogP contribution in [0, 0.1) is 0 Å². The number of hydrogen-bond acceptors (Lipinski definition) is 18. The summed E-state index contributed by atoms with van der Waals surface area (Å²) in [6, 6.07) is 25.9. The molecule has 4 aromatic heterocycles. The number of nitrogens with zero attached hydrogens (tertiary/aromatic N) is 4. The summed E-state index contributed by atoms with van der Waals surface area (Å²) in [7, 11) is 3.28. The second-order valence-corrected chi connectivity index (χ2v) is 17.5. The average Bonchev–Trinajstić information content (AvgIpc) is 4.05. The molecule has 16 nitrogen and oxygen atoms in total. The first-order valence-electron chi connectivity index (χ1n) is 20.0. The Balaban J connectivity index is 0.000000226. The predicted molar refractivity (Wildman–Crippen MR) is 238 cm³/mol. The fraction of sp³-hybridized carbons (Fsp3) is 0.333. The van der Waals surface area contributed by atoms with Crippen LogP contribution in [0.3, 0.4) is 0 Å². The zero-order chi connectivity index (χ0) is 44.7. The van der Waals surface area contributed by atoms with E-state index >= 15 is 0 Å². The molecular formula is C45H48N6O10S2. The van der Waals surface area contributed by atoms with Gasteiger partial charge in [-0.3, -0.25) is 0 Å². The van der Waals surface area contributed by atoms with E-state index in [4.69, 9.17) is 29.7 Å². The highest BCUT2D eigenvalue weighted by atomic mass is 32.1. The van der Waals surface area contributed by atoms with Crippen molar-refractivity contribution in [3.8, 4) is 11.5 Å². The van der Waals surface area contributed by atoms with Crippen molar-refractivity contribution in [2.24, 2.45) is 0 Å². The van der Waals surface area contributed by atoms with E-state index in [2.05, 4.69) is 32.4 Å². The fourth-order valence-corrected chi connectivity index (χ4v) is 10.6. The number of ether oxygens (including phenoxy) is 4. The van der Waals surface area contributed by atoms with Crippen molar-refractivity contribution in [1.82, 2.24) is 19.9 Å². The number of anilines is 2. The van der Waals surface area contributed by atoms with Gasteiger partial charge in [0.05, 0.1) is 59.0 Å². The SMILES string of the molecule is COc1ccc(C(Nc2ncnc3c([C@@H]4O[C@H](CO)[C@@H](O)[C@@]4(C)O)scc23)(c2ccccc2)c2ccc(OC)cc2)cc1.C[C@@]1(O)[C@H](O)[C@@H](CO)O[C@H]1c1scc2c(N)ncnc12. The largest absolute Gasteiger partial charge is 0.497 e. The van der Waals surface area contributed by atoms with E-state index < -0.39 is 60.0 Å². The van der Waals surface area contributed by atoms with E-state index in [1.165, 1.54) is 49.2 Å². The van der Waals surface area contributed by atoms with Crippen molar-refractivity contribution >= 4 is 56.1 Å². The van der Waals surface area contributed by atoms with Crippen molar-refractivity contribution in [3.05, 3.63) is 129 Å². The highest BCUT2D eigenvalue weighted by molar-refractivity contribution is 7.12. The molecular weight excluding hydrogens is 849 g/mol. The van der Waals surface area contributed by atoms with Crippen molar-refractivity contribution < 1.29 is 49.6 Å². The van der Waals surface area contributed by atoms with Gasteiger partial charge in [-0.25, -0.2) is 19.9 Å². The maximum absolute atomic E-state index is 11.2. The molecule has 6 heterocycles. The summed E-state index contributed by atoms with van der Waals surface area (Å²) in [5.41, 5.74) is 5.80. The lowest BCUT2D eigenvalue weighted by Crippen LogP contribution is -2.42. The molecule has 2 aliphatic rings. The quantitative estimate of drug-likeness (QED) is 0.0835. The highest BCUT2D eigenvalue weighted by Gasteiger charge is 2.54. The summed E-state index contributed by atoms with van der Waals surface area (Å²) in [4.78, 5) is 18.7. The molecule has 2 aliphatic heterocycles. The Morgan fingerprint density at radius 1 is 0.667 bits per heavy atom. The van der Waals surface area contributed by atoms with E-state index in [0.29, 0.717) is 37.8 Å². The van der Waals surface area contributed by atoms with Crippen LogP contribution in [0.15, 0.2) is 102 Å². The Bertz CT molecular complexity index is 2620. The molecule has 0 amide bonds. The zero-order valence-electron chi connectivity index (χ0n) is 34.7. The van der Waals surface area contributed by atoms with Gasteiger partial charge in [-0.1, -0.05) is 54.6 Å². The van der Waals surface area contributed by atoms with Crippen molar-refractivity contribution in [2.45, 2.75) is 67.2 Å². The molecule has 2 saturated heterocycles. The Hall–Kier alpha value is -5.38. The molecule has 0 unspecified atom stereocenters. The van der Waals surface area contributed by atoms with Gasteiger partial charge in [0.25, 0.3) is 0 Å². The smallest absolute Gasteiger partial charge is 0.139 e. The number of nitrogen functional groups attached to an aromatic ring is 1.